The summed E-state index contributed by atoms with van der Waals surface area (Å²) in [7, 11) is 0. The van der Waals surface area contributed by atoms with E-state index >= 15 is 0 Å². The number of imidazole rings is 1. The highest BCUT2D eigenvalue weighted by molar-refractivity contribution is 5.70. The van der Waals surface area contributed by atoms with Crippen molar-refractivity contribution in [2.75, 3.05) is 0 Å². The van der Waals surface area contributed by atoms with Crippen LogP contribution in [0.4, 0.5) is 0 Å². The fourth-order valence-corrected chi connectivity index (χ4v) is 2.86. The van der Waals surface area contributed by atoms with Gasteiger partial charge in [-0.15, -0.1) is 0 Å². The monoisotopic (exact) mass is 338 g/mol. The second kappa shape index (κ2) is 6.97. The zero-order chi connectivity index (χ0) is 18.0. The van der Waals surface area contributed by atoms with Crippen molar-refractivity contribution in [1.82, 2.24) is 9.38 Å². The van der Waals surface area contributed by atoms with Gasteiger partial charge < -0.3 is 14.2 Å². The Morgan fingerprint density at radius 2 is 1.96 bits per heavy atom. The van der Waals surface area contributed by atoms with Gasteiger partial charge in [0, 0.05) is 18.2 Å². The van der Waals surface area contributed by atoms with E-state index in [1.54, 1.807) is 0 Å². The van der Waals surface area contributed by atoms with Crippen molar-refractivity contribution in [3.05, 3.63) is 53.9 Å². The Morgan fingerprint density at radius 1 is 1.24 bits per heavy atom. The van der Waals surface area contributed by atoms with Gasteiger partial charge in [0.05, 0.1) is 23.9 Å². The Balaban J connectivity index is 2.04. The average Bonchev–Trinajstić information content (AvgIpc) is 2.90. The minimum absolute atomic E-state index is 0.0726. The van der Waals surface area contributed by atoms with E-state index in [1.165, 1.54) is 0 Å². The highest BCUT2D eigenvalue weighted by Gasteiger charge is 2.15. The van der Waals surface area contributed by atoms with E-state index in [2.05, 4.69) is 0 Å². The number of carboxylic acids is 1. The lowest BCUT2D eigenvalue weighted by atomic mass is 10.1. The van der Waals surface area contributed by atoms with Crippen LogP contribution >= 0.6 is 0 Å². The number of fused-ring (bicyclic) bond motifs is 1. The molecular weight excluding hydrogens is 316 g/mol. The maximum absolute atomic E-state index is 11.0. The molecular formula is C20H22N2O3. The zero-order valence-electron chi connectivity index (χ0n) is 14.7. The predicted octanol–water partition coefficient (Wildman–Crippen LogP) is 4.11. The van der Waals surface area contributed by atoms with Gasteiger partial charge in [0.1, 0.15) is 11.4 Å². The molecule has 1 N–H and O–H groups in total. The van der Waals surface area contributed by atoms with Crippen LogP contribution in [0.5, 0.6) is 5.75 Å². The molecule has 2 aromatic heterocycles. The minimum Gasteiger partial charge on any atom is -0.491 e. The highest BCUT2D eigenvalue weighted by atomic mass is 16.5. The summed E-state index contributed by atoms with van der Waals surface area (Å²) in [5, 5.41) is 9.06. The molecule has 0 radical (unpaired) electrons. The maximum atomic E-state index is 11.0. The van der Waals surface area contributed by atoms with Crippen LogP contribution in [0.3, 0.4) is 0 Å². The predicted molar refractivity (Wildman–Crippen MR) is 97.1 cm³/mol. The number of carboxylic acid groups (broad SMARTS) is 1. The van der Waals surface area contributed by atoms with Crippen LogP contribution < -0.4 is 4.74 Å². The normalized spacial score (nSPS) is 11.2. The number of rotatable bonds is 6. The lowest BCUT2D eigenvalue weighted by molar-refractivity contribution is -0.136. The fourth-order valence-electron chi connectivity index (χ4n) is 2.86. The zero-order valence-corrected chi connectivity index (χ0v) is 14.7. The summed E-state index contributed by atoms with van der Waals surface area (Å²) in [5.41, 5.74) is 4.64. The molecule has 0 aliphatic carbocycles. The van der Waals surface area contributed by atoms with E-state index in [9.17, 15) is 4.79 Å². The number of aryl methyl sites for hydroxylation is 2. The van der Waals surface area contributed by atoms with Crippen LogP contribution in [-0.4, -0.2) is 26.6 Å². The first-order valence-electron chi connectivity index (χ1n) is 8.40. The van der Waals surface area contributed by atoms with Crippen LogP contribution in [0.2, 0.25) is 0 Å². The molecule has 0 amide bonds. The van der Waals surface area contributed by atoms with E-state index in [1.807, 2.05) is 67.8 Å². The Morgan fingerprint density at radius 3 is 2.60 bits per heavy atom. The van der Waals surface area contributed by atoms with Crippen molar-refractivity contribution in [2.24, 2.45) is 0 Å². The quantitative estimate of drug-likeness (QED) is 0.734. The number of hydrogen-bond acceptors (Lipinski definition) is 3. The average molecular weight is 338 g/mol. The van der Waals surface area contributed by atoms with Gasteiger partial charge in [0.2, 0.25) is 0 Å². The van der Waals surface area contributed by atoms with E-state index in [0.717, 1.165) is 33.9 Å². The second-order valence-electron chi connectivity index (χ2n) is 6.42. The Bertz CT molecular complexity index is 895. The van der Waals surface area contributed by atoms with E-state index in [4.69, 9.17) is 14.8 Å². The summed E-state index contributed by atoms with van der Waals surface area (Å²) in [6.45, 7) is 5.99. The largest absolute Gasteiger partial charge is 0.491 e. The second-order valence-corrected chi connectivity index (χ2v) is 6.42. The van der Waals surface area contributed by atoms with Crippen LogP contribution in [-0.2, 0) is 11.2 Å². The van der Waals surface area contributed by atoms with E-state index in [0.29, 0.717) is 6.42 Å². The van der Waals surface area contributed by atoms with Crippen molar-refractivity contribution >= 4 is 11.6 Å². The number of pyridine rings is 1. The molecule has 1 aromatic carbocycles. The molecule has 2 heterocycles. The Hall–Kier alpha value is -2.82. The number of aromatic nitrogens is 2. The van der Waals surface area contributed by atoms with Gasteiger partial charge in [-0.05, 0) is 62.7 Å². The first kappa shape index (κ1) is 17.0. The van der Waals surface area contributed by atoms with Crippen molar-refractivity contribution < 1.29 is 14.6 Å². The summed E-state index contributed by atoms with van der Waals surface area (Å²) in [6, 6.07) is 11.8. The standard InChI is InChI=1S/C20H22N2O3/c1-13(2)25-16-6-4-15(5-7-16)20-17(8-9-19(23)24)22-11-10-14(3)12-18(22)21-20/h4-7,10-13H,8-9H2,1-3H3,(H,23,24). The molecule has 3 aromatic rings. The Kier molecular flexibility index (Phi) is 4.74. The third-order valence-corrected chi connectivity index (χ3v) is 3.96. The summed E-state index contributed by atoms with van der Waals surface area (Å²) < 4.78 is 7.66. The van der Waals surface area contributed by atoms with Crippen LogP contribution in [0.15, 0.2) is 42.6 Å². The van der Waals surface area contributed by atoms with Crippen LogP contribution in [0.25, 0.3) is 16.9 Å². The molecule has 0 atom stereocenters. The SMILES string of the molecule is Cc1ccn2c(CCC(=O)O)c(-c3ccc(OC(C)C)cc3)nc2c1. The number of carbonyl (C=O) groups is 1. The smallest absolute Gasteiger partial charge is 0.303 e. The lowest BCUT2D eigenvalue weighted by Gasteiger charge is -2.10. The van der Waals surface area contributed by atoms with Crippen molar-refractivity contribution in [2.45, 2.75) is 39.7 Å². The van der Waals surface area contributed by atoms with Crippen molar-refractivity contribution in [3.8, 4) is 17.0 Å². The molecule has 130 valence electrons. The van der Waals surface area contributed by atoms with Gasteiger partial charge in [-0.3, -0.25) is 4.79 Å². The summed E-state index contributed by atoms with van der Waals surface area (Å²) in [4.78, 5) is 15.8. The number of hydrogen-bond donors (Lipinski definition) is 1. The molecule has 0 fully saturated rings. The van der Waals surface area contributed by atoms with Crippen molar-refractivity contribution in [1.29, 1.82) is 0 Å². The topological polar surface area (TPSA) is 63.8 Å². The fraction of sp³-hybridized carbons (Fsp3) is 0.300. The molecule has 0 bridgehead atoms. The molecule has 0 unspecified atom stereocenters. The number of aliphatic carboxylic acids is 1. The maximum Gasteiger partial charge on any atom is 0.303 e. The summed E-state index contributed by atoms with van der Waals surface area (Å²) in [6.07, 6.45) is 2.58. The molecule has 25 heavy (non-hydrogen) atoms. The molecule has 0 spiro atoms. The summed E-state index contributed by atoms with van der Waals surface area (Å²) >= 11 is 0. The molecule has 0 aliphatic heterocycles. The van der Waals surface area contributed by atoms with Crippen LogP contribution in [0.1, 0.15) is 31.5 Å². The number of benzene rings is 1. The molecule has 5 heteroatoms. The Labute approximate surface area is 146 Å². The molecule has 0 aliphatic rings. The van der Waals surface area contributed by atoms with E-state index < -0.39 is 5.97 Å². The first-order chi connectivity index (χ1) is 11.9. The van der Waals surface area contributed by atoms with Gasteiger partial charge in [-0.2, -0.15) is 0 Å². The van der Waals surface area contributed by atoms with Gasteiger partial charge >= 0.3 is 5.97 Å². The third-order valence-electron chi connectivity index (χ3n) is 3.96. The lowest BCUT2D eigenvalue weighted by Crippen LogP contribution is -2.05. The van der Waals surface area contributed by atoms with Gasteiger partial charge in [-0.1, -0.05) is 0 Å². The molecule has 0 saturated carbocycles. The molecule has 0 saturated heterocycles. The van der Waals surface area contributed by atoms with Gasteiger partial charge in [0.15, 0.2) is 0 Å². The molecule has 5 nitrogen and oxygen atoms in total. The van der Waals surface area contributed by atoms with Crippen LogP contribution in [0, 0.1) is 6.92 Å². The van der Waals surface area contributed by atoms with Crippen molar-refractivity contribution in [3.63, 3.8) is 0 Å². The number of nitrogens with zero attached hydrogens (tertiary/aromatic N) is 2. The number of ether oxygens (including phenoxy) is 1. The minimum atomic E-state index is -0.811. The summed E-state index contributed by atoms with van der Waals surface area (Å²) in [5.74, 6) is -0.000799. The molecule has 3 rings (SSSR count). The van der Waals surface area contributed by atoms with Gasteiger partial charge in [0.25, 0.3) is 0 Å². The third kappa shape index (κ3) is 3.82. The van der Waals surface area contributed by atoms with E-state index in [-0.39, 0.29) is 12.5 Å². The highest BCUT2D eigenvalue weighted by Crippen LogP contribution is 2.28. The van der Waals surface area contributed by atoms with Gasteiger partial charge in [-0.25, -0.2) is 4.98 Å². The first-order valence-corrected chi connectivity index (χ1v) is 8.40.